The third kappa shape index (κ3) is 4.55. The van der Waals surface area contributed by atoms with Gasteiger partial charge in [0.05, 0.1) is 6.04 Å². The number of fused-ring (bicyclic) bond motifs is 3. The van der Waals surface area contributed by atoms with Crippen molar-refractivity contribution in [1.82, 2.24) is 25.8 Å². The Bertz CT molecular complexity index is 1600. The van der Waals surface area contributed by atoms with Crippen LogP contribution in [-0.2, 0) is 15.0 Å². The van der Waals surface area contributed by atoms with Gasteiger partial charge >= 0.3 is 0 Å². The van der Waals surface area contributed by atoms with Crippen LogP contribution in [0.5, 0.6) is 0 Å². The van der Waals surface area contributed by atoms with Gasteiger partial charge in [-0.25, -0.2) is 9.37 Å². The van der Waals surface area contributed by atoms with Crippen molar-refractivity contribution < 1.29 is 18.4 Å². The minimum atomic E-state index is -1.30. The highest BCUT2D eigenvalue weighted by atomic mass is 35.5. The molecular weight excluding hydrogens is 606 g/mol. The first-order chi connectivity index (χ1) is 21.0. The first-order valence-corrected chi connectivity index (χ1v) is 16.1. The van der Waals surface area contributed by atoms with E-state index in [0.717, 1.165) is 38.5 Å². The molecule has 44 heavy (non-hydrogen) atoms. The van der Waals surface area contributed by atoms with Crippen molar-refractivity contribution in [3.05, 3.63) is 69.9 Å². The van der Waals surface area contributed by atoms with Crippen molar-refractivity contribution in [2.75, 3.05) is 5.32 Å². The Morgan fingerprint density at radius 3 is 2.55 bits per heavy atom. The van der Waals surface area contributed by atoms with Crippen molar-refractivity contribution in [3.63, 3.8) is 0 Å². The Kier molecular flexibility index (Phi) is 7.25. The lowest BCUT2D eigenvalue weighted by Gasteiger charge is -2.50. The number of rotatable bonds is 4. The normalized spacial score (nSPS) is 30.3. The number of hydrogen-bond donors (Lipinski definition) is 3. The summed E-state index contributed by atoms with van der Waals surface area (Å²) in [7, 11) is 0. The molecule has 4 aliphatic rings. The Morgan fingerprint density at radius 2 is 1.84 bits per heavy atom. The lowest BCUT2D eigenvalue weighted by molar-refractivity contribution is -0.125. The summed E-state index contributed by atoms with van der Waals surface area (Å²) in [6, 6.07) is 5.89. The second-order valence-corrected chi connectivity index (χ2v) is 14.4. The topological polar surface area (TPSA) is 122 Å². The van der Waals surface area contributed by atoms with Crippen LogP contribution in [0.15, 0.2) is 41.3 Å². The van der Waals surface area contributed by atoms with Gasteiger partial charge in [0.2, 0.25) is 24.1 Å². The van der Waals surface area contributed by atoms with Gasteiger partial charge in [-0.05, 0) is 86.1 Å². The van der Waals surface area contributed by atoms with Crippen LogP contribution < -0.4 is 16.0 Å². The van der Waals surface area contributed by atoms with Crippen LogP contribution in [0.2, 0.25) is 10.2 Å². The van der Waals surface area contributed by atoms with Gasteiger partial charge in [-0.1, -0.05) is 43.1 Å². The molecular formula is C32H35Cl2FN6O3. The van der Waals surface area contributed by atoms with Crippen LogP contribution in [-0.4, -0.2) is 44.6 Å². The molecule has 232 valence electrons. The standard InChI is InChI=1S/C32H35Cl2FN6O3/c1-30(2)10-12-31(13-11-30)32(21-8-5-18(33)15-22(21)39-29(32)43)23(20-9-14-36-26(34)24(20)35)25(40-31)27(42)38-19-6-3-17(4-7-19)28-41-37-16-44-28/h5,8-9,14-17,19,23,25,40H,3-4,6-7,10-13H2,1-2H3,(H,38,42)(H,39,43)/t17?,19?,23-,25+,32+/m0/s1. The number of carbonyl (C=O) groups excluding carboxylic acids is 2. The van der Waals surface area contributed by atoms with Gasteiger partial charge in [0, 0.05) is 40.3 Å². The summed E-state index contributed by atoms with van der Waals surface area (Å²) in [5.41, 5.74) is -0.573. The molecule has 4 heterocycles. The Morgan fingerprint density at radius 1 is 1.09 bits per heavy atom. The van der Waals surface area contributed by atoms with Gasteiger partial charge in [0.15, 0.2) is 11.0 Å². The average molecular weight is 642 g/mol. The van der Waals surface area contributed by atoms with E-state index >= 15 is 4.39 Å². The summed E-state index contributed by atoms with van der Waals surface area (Å²) in [6.45, 7) is 4.44. The third-order valence-corrected chi connectivity index (χ3v) is 11.2. The van der Waals surface area contributed by atoms with E-state index in [9.17, 15) is 9.59 Å². The molecule has 2 aromatic heterocycles. The maximum atomic E-state index is 16.1. The maximum Gasteiger partial charge on any atom is 0.238 e. The monoisotopic (exact) mass is 640 g/mol. The summed E-state index contributed by atoms with van der Waals surface area (Å²) in [5, 5.41) is 18.1. The van der Waals surface area contributed by atoms with Gasteiger partial charge in [-0.2, -0.15) is 0 Å². The van der Waals surface area contributed by atoms with Crippen molar-refractivity contribution in [2.24, 2.45) is 5.41 Å². The molecule has 2 spiro atoms. The summed E-state index contributed by atoms with van der Waals surface area (Å²) < 4.78 is 21.5. The molecule has 2 amide bonds. The Hall–Kier alpha value is -3.08. The molecule has 0 unspecified atom stereocenters. The number of hydrogen-bond acceptors (Lipinski definition) is 7. The number of nitrogens with zero attached hydrogens (tertiary/aromatic N) is 3. The summed E-state index contributed by atoms with van der Waals surface area (Å²) in [4.78, 5) is 33.0. The predicted molar refractivity (Wildman–Crippen MR) is 163 cm³/mol. The fourth-order valence-electron chi connectivity index (χ4n) is 8.46. The zero-order valence-corrected chi connectivity index (χ0v) is 26.1. The molecule has 0 bridgehead atoms. The average Bonchev–Trinajstić information content (AvgIpc) is 3.70. The minimum absolute atomic E-state index is 0.0596. The lowest BCUT2D eigenvalue weighted by atomic mass is 9.53. The van der Waals surface area contributed by atoms with Crippen molar-refractivity contribution in [3.8, 4) is 0 Å². The van der Waals surface area contributed by atoms with E-state index in [1.165, 1.54) is 12.6 Å². The van der Waals surface area contributed by atoms with E-state index in [2.05, 4.69) is 45.0 Å². The first kappa shape index (κ1) is 29.6. The molecule has 9 nitrogen and oxygen atoms in total. The Balaban J connectivity index is 1.31. The van der Waals surface area contributed by atoms with E-state index in [1.54, 1.807) is 18.2 Å². The van der Waals surface area contributed by atoms with E-state index < -0.39 is 28.7 Å². The highest BCUT2D eigenvalue weighted by Gasteiger charge is 2.73. The zero-order valence-electron chi connectivity index (χ0n) is 24.6. The zero-order chi connectivity index (χ0) is 30.9. The molecule has 1 saturated heterocycles. The third-order valence-electron chi connectivity index (χ3n) is 10.8. The summed E-state index contributed by atoms with van der Waals surface area (Å²) in [5.74, 6) is -1.39. The van der Waals surface area contributed by atoms with Crippen molar-refractivity contribution >= 4 is 40.7 Å². The lowest BCUT2D eigenvalue weighted by Crippen LogP contribution is -2.61. The number of amides is 2. The van der Waals surface area contributed by atoms with E-state index in [-0.39, 0.29) is 39.9 Å². The number of benzene rings is 1. The van der Waals surface area contributed by atoms with E-state index in [1.807, 2.05) is 6.07 Å². The minimum Gasteiger partial charge on any atom is -0.428 e. The molecule has 2 aliphatic carbocycles. The van der Waals surface area contributed by atoms with Crippen molar-refractivity contribution in [1.29, 1.82) is 0 Å². The molecule has 7 rings (SSSR count). The van der Waals surface area contributed by atoms with Gasteiger partial charge in [0.25, 0.3) is 0 Å². The smallest absolute Gasteiger partial charge is 0.238 e. The molecule has 3 aromatic rings. The van der Waals surface area contributed by atoms with Gasteiger partial charge in [0.1, 0.15) is 5.41 Å². The highest BCUT2D eigenvalue weighted by molar-refractivity contribution is 6.31. The fourth-order valence-corrected chi connectivity index (χ4v) is 8.80. The number of pyridine rings is 1. The Labute approximate surface area is 265 Å². The van der Waals surface area contributed by atoms with Crippen molar-refractivity contribution in [2.45, 2.75) is 100 Å². The number of carbonyl (C=O) groups is 2. The van der Waals surface area contributed by atoms with Gasteiger partial charge in [-0.3, -0.25) is 14.9 Å². The van der Waals surface area contributed by atoms with Crippen LogP contribution in [0.25, 0.3) is 0 Å². The van der Waals surface area contributed by atoms with Gasteiger partial charge < -0.3 is 15.1 Å². The van der Waals surface area contributed by atoms with Crippen LogP contribution in [0, 0.1) is 11.2 Å². The SMILES string of the molecule is CC1(C)CCC2(CC1)N[C@@H](C(=O)NC1CCC(c3nnco3)CC1)[C@H](c1ccnc(Cl)c1F)[C@]21C(=O)Nc2cc(Cl)ccc21. The van der Waals surface area contributed by atoms with E-state index in [0.29, 0.717) is 35.0 Å². The molecule has 2 aliphatic heterocycles. The predicted octanol–water partition coefficient (Wildman–Crippen LogP) is 6.04. The fraction of sp³-hybridized carbons (Fsp3) is 0.531. The van der Waals surface area contributed by atoms with Crippen LogP contribution >= 0.6 is 23.2 Å². The molecule has 1 aromatic carbocycles. The largest absolute Gasteiger partial charge is 0.428 e. The molecule has 3 atom stereocenters. The second-order valence-electron chi connectivity index (χ2n) is 13.6. The molecule has 2 saturated carbocycles. The number of nitrogens with one attached hydrogen (secondary N) is 3. The van der Waals surface area contributed by atoms with Crippen LogP contribution in [0.4, 0.5) is 10.1 Å². The summed E-state index contributed by atoms with van der Waals surface area (Å²) in [6.07, 6.45) is 8.75. The molecule has 3 N–H and O–H groups in total. The number of anilines is 1. The molecule has 12 heteroatoms. The van der Waals surface area contributed by atoms with Crippen LogP contribution in [0.1, 0.15) is 94.1 Å². The maximum absolute atomic E-state index is 16.1. The molecule has 3 fully saturated rings. The van der Waals surface area contributed by atoms with Crippen LogP contribution in [0.3, 0.4) is 0 Å². The summed E-state index contributed by atoms with van der Waals surface area (Å²) >= 11 is 12.6. The highest BCUT2D eigenvalue weighted by Crippen LogP contribution is 2.64. The van der Waals surface area contributed by atoms with E-state index in [4.69, 9.17) is 27.6 Å². The molecule has 0 radical (unpaired) electrons. The number of aromatic nitrogens is 3. The number of halogens is 3. The quantitative estimate of drug-likeness (QED) is 0.297. The van der Waals surface area contributed by atoms with Gasteiger partial charge in [-0.15, -0.1) is 10.2 Å². The first-order valence-electron chi connectivity index (χ1n) is 15.3. The second kappa shape index (κ2) is 10.8.